The van der Waals surface area contributed by atoms with Crippen LogP contribution in [0.25, 0.3) is 5.82 Å². The Morgan fingerprint density at radius 1 is 1.25 bits per heavy atom. The maximum absolute atomic E-state index is 12.9. The van der Waals surface area contributed by atoms with Gasteiger partial charge in [0.2, 0.25) is 11.6 Å². The van der Waals surface area contributed by atoms with Crippen LogP contribution >= 0.6 is 0 Å². The van der Waals surface area contributed by atoms with Gasteiger partial charge in [-0.2, -0.15) is 9.78 Å². The Morgan fingerprint density at radius 2 is 2.00 bits per heavy atom. The lowest BCUT2D eigenvalue weighted by molar-refractivity contribution is -0.913. The first kappa shape index (κ1) is 21.6. The van der Waals surface area contributed by atoms with Crippen LogP contribution < -0.4 is 16.1 Å². The van der Waals surface area contributed by atoms with Crippen molar-refractivity contribution >= 4 is 17.9 Å². The molecule has 32 heavy (non-hydrogen) atoms. The monoisotopic (exact) mass is 438 g/mol. The smallest absolute Gasteiger partial charge is 0.294 e. The van der Waals surface area contributed by atoms with Crippen molar-refractivity contribution in [3.63, 3.8) is 0 Å². The van der Waals surface area contributed by atoms with E-state index < -0.39 is 5.91 Å². The van der Waals surface area contributed by atoms with Gasteiger partial charge in [0.15, 0.2) is 5.69 Å². The molecule has 4 N–H and O–H groups in total. The normalized spacial score (nSPS) is 16.2. The molecule has 11 heteroatoms. The largest absolute Gasteiger partial charge is 0.378 e. The summed E-state index contributed by atoms with van der Waals surface area (Å²) in [7, 11) is 0. The Labute approximate surface area is 185 Å². The van der Waals surface area contributed by atoms with Gasteiger partial charge < -0.3 is 10.6 Å². The highest BCUT2D eigenvalue weighted by Crippen LogP contribution is 2.16. The first-order valence-electron chi connectivity index (χ1n) is 10.9. The lowest BCUT2D eigenvalue weighted by Crippen LogP contribution is -3.10. The molecule has 1 saturated heterocycles. The zero-order valence-corrected chi connectivity index (χ0v) is 18.1. The summed E-state index contributed by atoms with van der Waals surface area (Å²) in [6.07, 6.45) is 6.43. The number of carbonyl (C=O) groups excluding carboxylic acids is 1. The molecule has 11 nitrogen and oxygen atoms in total. The standard InChI is InChI=1S/C21H27N9O2/c1-15(16-9-5-4-6-10-16)13-23-25-21(31)18-17(14-29-11-7-2-3-8-12-29)30(28-24-18)20-19(22)26-32-27-20/h4-6,9-10,13,15H,2-3,7-8,11-12,14H2,1H3,(H2,22,26)(H,25,31)/p+1/b23-13-/t15-/m1/s1. The van der Waals surface area contributed by atoms with Crippen molar-refractivity contribution in [2.45, 2.75) is 45.1 Å². The van der Waals surface area contributed by atoms with E-state index in [1.54, 1.807) is 6.21 Å². The minimum Gasteiger partial charge on any atom is -0.378 e. The van der Waals surface area contributed by atoms with E-state index in [0.717, 1.165) is 31.5 Å². The summed E-state index contributed by atoms with van der Waals surface area (Å²) in [4.78, 5) is 14.3. The molecule has 0 spiro atoms. The summed E-state index contributed by atoms with van der Waals surface area (Å²) in [5.41, 5.74) is 10.3. The SMILES string of the molecule is C[C@H](/C=N\NC(=O)c1nnn(-c2nonc2N)c1C[NH+]1CCCCCC1)c1ccccc1. The van der Waals surface area contributed by atoms with Crippen LogP contribution in [0.2, 0.25) is 0 Å². The van der Waals surface area contributed by atoms with E-state index in [-0.39, 0.29) is 23.2 Å². The summed E-state index contributed by atoms with van der Waals surface area (Å²) in [6, 6.07) is 9.94. The molecule has 1 aromatic carbocycles. The molecule has 1 amide bonds. The molecule has 0 saturated carbocycles. The van der Waals surface area contributed by atoms with Gasteiger partial charge in [0.05, 0.1) is 13.1 Å². The summed E-state index contributed by atoms with van der Waals surface area (Å²) in [5, 5.41) is 19.8. The van der Waals surface area contributed by atoms with E-state index in [4.69, 9.17) is 10.4 Å². The maximum atomic E-state index is 12.9. The van der Waals surface area contributed by atoms with Gasteiger partial charge in [0, 0.05) is 12.1 Å². The number of quaternary nitrogens is 1. The average Bonchev–Trinajstić information content (AvgIpc) is 3.31. The van der Waals surface area contributed by atoms with Crippen molar-refractivity contribution < 1.29 is 14.3 Å². The minimum atomic E-state index is -0.438. The van der Waals surface area contributed by atoms with Crippen molar-refractivity contribution in [3.05, 3.63) is 47.3 Å². The average molecular weight is 439 g/mol. The number of benzene rings is 1. The molecule has 0 bridgehead atoms. The van der Waals surface area contributed by atoms with Gasteiger partial charge in [-0.25, -0.2) is 10.1 Å². The number of nitrogens with zero attached hydrogens (tertiary/aromatic N) is 6. The molecule has 1 aliphatic rings. The highest BCUT2D eigenvalue weighted by Gasteiger charge is 2.27. The number of carbonyl (C=O) groups is 1. The lowest BCUT2D eigenvalue weighted by atomic mass is 10.0. The topological polar surface area (TPSA) is 142 Å². The molecule has 0 radical (unpaired) electrons. The molecule has 1 atom stereocenters. The van der Waals surface area contributed by atoms with Gasteiger partial charge in [-0.05, 0) is 41.6 Å². The van der Waals surface area contributed by atoms with Crippen LogP contribution in [0, 0.1) is 0 Å². The molecular weight excluding hydrogens is 410 g/mol. The Kier molecular flexibility index (Phi) is 6.85. The zero-order chi connectivity index (χ0) is 22.3. The molecule has 4 rings (SSSR count). The number of amides is 1. The third kappa shape index (κ3) is 4.99. The van der Waals surface area contributed by atoms with Gasteiger partial charge in [0.1, 0.15) is 12.2 Å². The number of hydrazone groups is 1. The fourth-order valence-corrected chi connectivity index (χ4v) is 3.89. The van der Waals surface area contributed by atoms with E-state index >= 15 is 0 Å². The fraction of sp³-hybridized carbons (Fsp3) is 0.429. The Morgan fingerprint density at radius 3 is 2.69 bits per heavy atom. The number of likely N-dealkylation sites (tertiary alicyclic amines) is 1. The number of hydrogen-bond donors (Lipinski definition) is 3. The molecule has 0 aliphatic carbocycles. The third-order valence-corrected chi connectivity index (χ3v) is 5.69. The van der Waals surface area contributed by atoms with E-state index in [0.29, 0.717) is 12.2 Å². The highest BCUT2D eigenvalue weighted by molar-refractivity contribution is 5.93. The molecule has 3 aromatic rings. The molecule has 2 aromatic heterocycles. The number of nitrogens with two attached hydrogens (primary N) is 1. The fourth-order valence-electron chi connectivity index (χ4n) is 3.89. The Hall–Kier alpha value is -3.60. The quantitative estimate of drug-likeness (QED) is 0.364. The van der Waals surface area contributed by atoms with Crippen LogP contribution in [0.4, 0.5) is 5.82 Å². The van der Waals surface area contributed by atoms with Crippen molar-refractivity contribution in [2.75, 3.05) is 18.8 Å². The van der Waals surface area contributed by atoms with Gasteiger partial charge in [-0.3, -0.25) is 4.79 Å². The van der Waals surface area contributed by atoms with Gasteiger partial charge in [0.25, 0.3) is 5.91 Å². The van der Waals surface area contributed by atoms with E-state index in [1.807, 2.05) is 37.3 Å². The van der Waals surface area contributed by atoms with Gasteiger partial charge in [-0.15, -0.1) is 5.10 Å². The number of nitrogen functional groups attached to an aromatic ring is 1. The number of rotatable bonds is 7. The number of hydrogen-bond acceptors (Lipinski definition) is 8. The summed E-state index contributed by atoms with van der Waals surface area (Å²) in [6.45, 7) is 4.61. The van der Waals surface area contributed by atoms with Crippen LogP contribution in [0.5, 0.6) is 0 Å². The molecular formula is C21H28N9O2+. The number of anilines is 1. The molecule has 168 valence electrons. The second-order valence-corrected chi connectivity index (χ2v) is 8.03. The predicted molar refractivity (Wildman–Crippen MR) is 117 cm³/mol. The second-order valence-electron chi connectivity index (χ2n) is 8.03. The summed E-state index contributed by atoms with van der Waals surface area (Å²) in [5.74, 6) is -0.0770. The lowest BCUT2D eigenvalue weighted by Gasteiger charge is -2.17. The molecule has 3 heterocycles. The first-order valence-corrected chi connectivity index (χ1v) is 10.9. The second kappa shape index (κ2) is 10.1. The minimum absolute atomic E-state index is 0.0502. The van der Waals surface area contributed by atoms with Gasteiger partial charge >= 0.3 is 0 Å². The highest BCUT2D eigenvalue weighted by atomic mass is 16.6. The molecule has 1 fully saturated rings. The maximum Gasteiger partial charge on any atom is 0.294 e. The molecule has 1 aliphatic heterocycles. The van der Waals surface area contributed by atoms with E-state index in [9.17, 15) is 4.79 Å². The number of nitrogens with one attached hydrogen (secondary N) is 2. The van der Waals surface area contributed by atoms with Crippen molar-refractivity contribution in [1.82, 2.24) is 30.7 Å². The van der Waals surface area contributed by atoms with Crippen LogP contribution in [-0.2, 0) is 6.54 Å². The van der Waals surface area contributed by atoms with Crippen LogP contribution in [0.15, 0.2) is 40.1 Å². The van der Waals surface area contributed by atoms with Crippen LogP contribution in [0.3, 0.4) is 0 Å². The van der Waals surface area contributed by atoms with E-state index in [1.165, 1.54) is 22.4 Å². The van der Waals surface area contributed by atoms with Crippen LogP contribution in [-0.4, -0.2) is 50.5 Å². The summed E-state index contributed by atoms with van der Waals surface area (Å²) >= 11 is 0. The molecule has 0 unspecified atom stereocenters. The Bertz CT molecular complexity index is 1050. The Balaban J connectivity index is 1.54. The first-order chi connectivity index (χ1) is 15.6. The summed E-state index contributed by atoms with van der Waals surface area (Å²) < 4.78 is 6.16. The van der Waals surface area contributed by atoms with E-state index in [2.05, 4.69) is 31.2 Å². The van der Waals surface area contributed by atoms with Crippen molar-refractivity contribution in [1.29, 1.82) is 0 Å². The predicted octanol–water partition coefficient (Wildman–Crippen LogP) is 0.711. The number of aromatic nitrogens is 5. The third-order valence-electron chi connectivity index (χ3n) is 5.69. The van der Waals surface area contributed by atoms with Crippen molar-refractivity contribution in [2.24, 2.45) is 5.10 Å². The van der Waals surface area contributed by atoms with Crippen LogP contribution in [0.1, 0.15) is 60.3 Å². The van der Waals surface area contributed by atoms with Gasteiger partial charge in [-0.1, -0.05) is 42.5 Å². The zero-order valence-electron chi connectivity index (χ0n) is 18.1. The van der Waals surface area contributed by atoms with Crippen molar-refractivity contribution in [3.8, 4) is 5.82 Å².